The van der Waals surface area contributed by atoms with Crippen LogP contribution in [-0.4, -0.2) is 43.5 Å². The highest BCUT2D eigenvalue weighted by atomic mass is 32.2. The largest absolute Gasteiger partial charge is 0.492 e. The lowest BCUT2D eigenvalue weighted by Crippen LogP contribution is -2.27. The van der Waals surface area contributed by atoms with E-state index in [0.717, 1.165) is 22.5 Å². The lowest BCUT2D eigenvalue weighted by atomic mass is 9.86. The van der Waals surface area contributed by atoms with Crippen LogP contribution >= 0.6 is 11.8 Å². The minimum absolute atomic E-state index is 0.191. The van der Waals surface area contributed by atoms with Crippen molar-refractivity contribution in [3.8, 4) is 5.75 Å². The van der Waals surface area contributed by atoms with Crippen LogP contribution in [0.25, 0.3) is 5.70 Å². The summed E-state index contributed by atoms with van der Waals surface area (Å²) in [5, 5.41) is 5.05. The van der Waals surface area contributed by atoms with Crippen molar-refractivity contribution in [2.45, 2.75) is 38.3 Å². The molecule has 0 fully saturated rings. The summed E-state index contributed by atoms with van der Waals surface area (Å²) in [7, 11) is -0.331. The third-order valence-corrected chi connectivity index (χ3v) is 7.49. The highest BCUT2D eigenvalue weighted by Gasteiger charge is 2.23. The number of rotatable bonds is 9. The molecule has 1 heterocycles. The Hall–Kier alpha value is -3.68. The SMILES string of the molecule is COc1c(NC(=O)c2ccc(C)c(N(N)/C=C(\N)c3cnc(SC)n3C)c2)cc(C(C)(C)C)cc1NS(C)(=O)=O. The number of amides is 1. The summed E-state index contributed by atoms with van der Waals surface area (Å²) in [4.78, 5) is 17.8. The normalized spacial score (nSPS) is 12.3. The fourth-order valence-electron chi connectivity index (χ4n) is 4.01. The van der Waals surface area contributed by atoms with E-state index in [0.29, 0.717) is 28.3 Å². The minimum atomic E-state index is -3.61. The van der Waals surface area contributed by atoms with Gasteiger partial charge in [0.05, 0.1) is 48.0 Å². The van der Waals surface area contributed by atoms with Gasteiger partial charge in [0.2, 0.25) is 10.0 Å². The van der Waals surface area contributed by atoms with Gasteiger partial charge in [-0.15, -0.1) is 0 Å². The predicted molar refractivity (Wildman–Crippen MR) is 163 cm³/mol. The molecular weight excluding hydrogens is 550 g/mol. The second-order valence-corrected chi connectivity index (χ2v) is 12.9. The summed E-state index contributed by atoms with van der Waals surface area (Å²) in [6.45, 7) is 7.83. The Morgan fingerprint density at radius 2 is 1.85 bits per heavy atom. The molecule has 13 heteroatoms. The van der Waals surface area contributed by atoms with Gasteiger partial charge in [-0.2, -0.15) is 0 Å². The minimum Gasteiger partial charge on any atom is -0.492 e. The van der Waals surface area contributed by atoms with Crippen LogP contribution in [0.3, 0.4) is 0 Å². The van der Waals surface area contributed by atoms with Crippen LogP contribution in [0, 0.1) is 6.92 Å². The van der Waals surface area contributed by atoms with Crippen LogP contribution in [0.1, 0.15) is 48.0 Å². The standard InChI is InChI=1S/C27H37N7O4S2/c1-16-9-10-17(11-22(16)34(29)15-19(28)23-14-30-26(39-7)33(23)5)25(35)31-20-12-18(27(2,3)4)13-21(24(20)38-6)32-40(8,36)37/h9-15,32H,28-29H2,1-8H3,(H,31,35)/b19-15-. The molecule has 6 N–H and O–H groups in total. The number of carbonyl (C=O) groups excluding carboxylic acids is 1. The van der Waals surface area contributed by atoms with Crippen LogP contribution < -0.4 is 31.4 Å². The van der Waals surface area contributed by atoms with E-state index in [-0.39, 0.29) is 16.9 Å². The number of hydrazine groups is 1. The second kappa shape index (κ2) is 11.8. The number of aromatic nitrogens is 2. The van der Waals surface area contributed by atoms with Crippen molar-refractivity contribution in [3.05, 3.63) is 65.1 Å². The summed E-state index contributed by atoms with van der Waals surface area (Å²) in [6.07, 6.45) is 6.23. The van der Waals surface area contributed by atoms with Crippen LogP contribution in [-0.2, 0) is 22.5 Å². The molecule has 40 heavy (non-hydrogen) atoms. The van der Waals surface area contributed by atoms with E-state index in [2.05, 4.69) is 15.0 Å². The monoisotopic (exact) mass is 587 g/mol. The Balaban J connectivity index is 1.98. The van der Waals surface area contributed by atoms with Gasteiger partial charge in [-0.25, -0.2) is 19.2 Å². The lowest BCUT2D eigenvalue weighted by molar-refractivity contribution is 0.102. The van der Waals surface area contributed by atoms with Gasteiger partial charge in [-0.05, 0) is 54.0 Å². The quantitative estimate of drug-likeness (QED) is 0.165. The number of nitrogens with two attached hydrogens (primary N) is 2. The average molecular weight is 588 g/mol. The molecule has 0 aliphatic carbocycles. The molecule has 0 unspecified atom stereocenters. The molecule has 0 saturated carbocycles. The summed E-state index contributed by atoms with van der Waals surface area (Å²) in [5.41, 5.74) is 10.2. The van der Waals surface area contributed by atoms with Crippen LogP contribution in [0.5, 0.6) is 5.75 Å². The van der Waals surface area contributed by atoms with Crippen molar-refractivity contribution >= 4 is 50.5 Å². The van der Waals surface area contributed by atoms with Gasteiger partial charge in [-0.1, -0.05) is 38.6 Å². The van der Waals surface area contributed by atoms with Crippen molar-refractivity contribution < 1.29 is 17.9 Å². The molecule has 2 aromatic carbocycles. The van der Waals surface area contributed by atoms with E-state index in [1.807, 2.05) is 45.6 Å². The number of nitrogens with zero attached hydrogens (tertiary/aromatic N) is 3. The zero-order valence-electron chi connectivity index (χ0n) is 24.0. The number of aryl methyl sites for hydroxylation is 1. The smallest absolute Gasteiger partial charge is 0.255 e. The van der Waals surface area contributed by atoms with Gasteiger partial charge in [0.15, 0.2) is 10.9 Å². The Morgan fingerprint density at radius 3 is 2.40 bits per heavy atom. The molecule has 0 radical (unpaired) electrons. The van der Waals surface area contributed by atoms with E-state index in [1.165, 1.54) is 23.9 Å². The van der Waals surface area contributed by atoms with Gasteiger partial charge >= 0.3 is 0 Å². The van der Waals surface area contributed by atoms with E-state index >= 15 is 0 Å². The van der Waals surface area contributed by atoms with Crippen molar-refractivity contribution in [2.24, 2.45) is 18.6 Å². The van der Waals surface area contributed by atoms with Crippen molar-refractivity contribution in [1.29, 1.82) is 0 Å². The maximum Gasteiger partial charge on any atom is 0.255 e. The van der Waals surface area contributed by atoms with Gasteiger partial charge in [0.25, 0.3) is 5.91 Å². The summed E-state index contributed by atoms with van der Waals surface area (Å²) >= 11 is 1.50. The van der Waals surface area contributed by atoms with Crippen LogP contribution in [0.4, 0.5) is 17.1 Å². The first-order valence-corrected chi connectivity index (χ1v) is 15.4. The molecule has 0 aliphatic rings. The maximum absolute atomic E-state index is 13.4. The highest BCUT2D eigenvalue weighted by molar-refractivity contribution is 7.98. The molecule has 0 atom stereocenters. The summed E-state index contributed by atoms with van der Waals surface area (Å²) in [6, 6.07) is 8.59. The first kappa shape index (κ1) is 30.9. The third kappa shape index (κ3) is 7.09. The van der Waals surface area contributed by atoms with E-state index in [4.69, 9.17) is 16.3 Å². The Morgan fingerprint density at radius 1 is 1.20 bits per heavy atom. The fourth-order valence-corrected chi connectivity index (χ4v) is 5.09. The lowest BCUT2D eigenvalue weighted by Gasteiger charge is -2.24. The molecule has 11 nitrogen and oxygen atoms in total. The molecule has 0 spiro atoms. The molecule has 3 aromatic rings. The number of sulfonamides is 1. The van der Waals surface area contributed by atoms with Crippen LogP contribution in [0.2, 0.25) is 0 Å². The summed E-state index contributed by atoms with van der Waals surface area (Å²) < 4.78 is 33.9. The number of methoxy groups -OCH3 is 1. The molecule has 0 saturated heterocycles. The number of hydrogen-bond acceptors (Lipinski definition) is 9. The fraction of sp³-hybridized carbons (Fsp3) is 0.333. The van der Waals surface area contributed by atoms with Gasteiger partial charge in [0, 0.05) is 18.8 Å². The molecule has 3 rings (SSSR count). The second-order valence-electron chi connectivity index (χ2n) is 10.4. The first-order valence-electron chi connectivity index (χ1n) is 12.2. The van der Waals surface area contributed by atoms with Gasteiger partial charge < -0.3 is 20.4 Å². The predicted octanol–water partition coefficient (Wildman–Crippen LogP) is 4.02. The topological polar surface area (TPSA) is 158 Å². The highest BCUT2D eigenvalue weighted by Crippen LogP contribution is 2.39. The van der Waals surface area contributed by atoms with Crippen molar-refractivity contribution in [2.75, 3.05) is 34.7 Å². The third-order valence-electron chi connectivity index (χ3n) is 6.15. The molecule has 0 bridgehead atoms. The number of thioether (sulfide) groups is 1. The Labute approximate surface area is 240 Å². The zero-order valence-corrected chi connectivity index (χ0v) is 25.6. The van der Waals surface area contributed by atoms with E-state index in [9.17, 15) is 13.2 Å². The van der Waals surface area contributed by atoms with Crippen molar-refractivity contribution in [3.63, 3.8) is 0 Å². The van der Waals surface area contributed by atoms with E-state index < -0.39 is 15.9 Å². The Kier molecular flexibility index (Phi) is 9.12. The molecule has 1 aromatic heterocycles. The number of ether oxygens (including phenoxy) is 1. The number of hydrogen-bond donors (Lipinski definition) is 4. The number of carbonyl (C=O) groups is 1. The summed E-state index contributed by atoms with van der Waals surface area (Å²) in [5.74, 6) is 6.12. The molecular formula is C27H37N7O4S2. The van der Waals surface area contributed by atoms with Crippen LogP contribution in [0.15, 0.2) is 47.9 Å². The van der Waals surface area contributed by atoms with Crippen molar-refractivity contribution in [1.82, 2.24) is 9.55 Å². The number of anilines is 3. The van der Waals surface area contributed by atoms with Gasteiger partial charge in [-0.3, -0.25) is 14.5 Å². The zero-order chi connectivity index (χ0) is 30.0. The number of benzene rings is 2. The van der Waals surface area contributed by atoms with E-state index in [1.54, 1.807) is 42.7 Å². The Bertz CT molecular complexity index is 1560. The number of nitrogens with one attached hydrogen (secondary N) is 2. The maximum atomic E-state index is 13.4. The number of imidazole rings is 1. The van der Waals surface area contributed by atoms with Gasteiger partial charge in [0.1, 0.15) is 0 Å². The molecule has 1 amide bonds. The molecule has 0 aliphatic heterocycles. The molecule has 216 valence electrons. The average Bonchev–Trinajstić information content (AvgIpc) is 3.22. The first-order chi connectivity index (χ1) is 18.6.